The molecule has 0 unspecified atom stereocenters. The molecule has 0 bridgehead atoms. The summed E-state index contributed by atoms with van der Waals surface area (Å²) in [6.07, 6.45) is 5.56. The van der Waals surface area contributed by atoms with Gasteiger partial charge in [-0.2, -0.15) is 0 Å². The smallest absolute Gasteiger partial charge is 0.314 e. The lowest BCUT2D eigenvalue weighted by Gasteiger charge is -2.39. The fourth-order valence-electron chi connectivity index (χ4n) is 4.33. The molecule has 2 atom stereocenters. The first-order valence-corrected chi connectivity index (χ1v) is 9.69. The van der Waals surface area contributed by atoms with Crippen LogP contribution in [0, 0.1) is 5.92 Å². The summed E-state index contributed by atoms with van der Waals surface area (Å²) in [5, 5.41) is 9.84. The molecule has 3 rings (SSSR count). The standard InChI is InChI=1S/C21H29NO4/c1-16-6-5-9-18(14-16)26-15-19(23)22-12-10-21(11-13-22,20(24)25)17-7-3-2-4-8-17/h2-4,7-8,16,18H,5-6,9-15H2,1H3,(H,24,25)/t16-,18+/m1/s1. The Morgan fingerprint density at radius 2 is 1.88 bits per heavy atom. The number of hydrogen-bond donors (Lipinski definition) is 1. The van der Waals surface area contributed by atoms with E-state index in [4.69, 9.17) is 4.74 Å². The number of carboxylic acid groups (broad SMARTS) is 1. The summed E-state index contributed by atoms with van der Waals surface area (Å²) in [5.74, 6) is -0.153. The van der Waals surface area contributed by atoms with Gasteiger partial charge in [-0.05, 0) is 37.2 Å². The van der Waals surface area contributed by atoms with E-state index in [0.717, 1.165) is 18.4 Å². The average molecular weight is 359 g/mol. The molecular formula is C21H29NO4. The summed E-state index contributed by atoms with van der Waals surface area (Å²) in [6, 6.07) is 9.38. The number of likely N-dealkylation sites (tertiary alicyclic amines) is 1. The molecular weight excluding hydrogens is 330 g/mol. The topological polar surface area (TPSA) is 66.8 Å². The van der Waals surface area contributed by atoms with E-state index in [-0.39, 0.29) is 18.6 Å². The Morgan fingerprint density at radius 1 is 1.19 bits per heavy atom. The molecule has 26 heavy (non-hydrogen) atoms. The molecule has 1 N–H and O–H groups in total. The highest BCUT2D eigenvalue weighted by Crippen LogP contribution is 2.36. The molecule has 2 fully saturated rings. The van der Waals surface area contributed by atoms with Crippen LogP contribution in [0.15, 0.2) is 30.3 Å². The van der Waals surface area contributed by atoms with Gasteiger partial charge in [-0.25, -0.2) is 0 Å². The molecule has 1 saturated heterocycles. The third-order valence-electron chi connectivity index (χ3n) is 6.04. The number of ether oxygens (including phenoxy) is 1. The minimum absolute atomic E-state index is 0.0183. The Morgan fingerprint density at radius 3 is 2.50 bits per heavy atom. The van der Waals surface area contributed by atoms with Crippen LogP contribution in [-0.2, 0) is 19.7 Å². The van der Waals surface area contributed by atoms with Gasteiger partial charge < -0.3 is 14.7 Å². The summed E-state index contributed by atoms with van der Waals surface area (Å²) < 4.78 is 5.84. The number of benzene rings is 1. The van der Waals surface area contributed by atoms with Gasteiger partial charge in [0, 0.05) is 13.1 Å². The monoisotopic (exact) mass is 359 g/mol. The molecule has 5 nitrogen and oxygen atoms in total. The predicted octanol–water partition coefficient (Wildman–Crippen LogP) is 3.23. The van der Waals surface area contributed by atoms with Crippen LogP contribution in [0.3, 0.4) is 0 Å². The lowest BCUT2D eigenvalue weighted by atomic mass is 9.73. The van der Waals surface area contributed by atoms with Crippen LogP contribution in [0.2, 0.25) is 0 Å². The zero-order valence-electron chi connectivity index (χ0n) is 15.5. The van der Waals surface area contributed by atoms with Gasteiger partial charge in [-0.1, -0.05) is 50.1 Å². The largest absolute Gasteiger partial charge is 0.481 e. The molecule has 0 spiro atoms. The first-order valence-electron chi connectivity index (χ1n) is 9.69. The van der Waals surface area contributed by atoms with Gasteiger partial charge in [0.15, 0.2) is 0 Å². The van der Waals surface area contributed by atoms with Crippen LogP contribution in [-0.4, -0.2) is 47.7 Å². The predicted molar refractivity (Wildman–Crippen MR) is 98.9 cm³/mol. The molecule has 1 aliphatic heterocycles. The van der Waals surface area contributed by atoms with Gasteiger partial charge in [0.2, 0.25) is 5.91 Å². The molecule has 2 aliphatic rings. The fraction of sp³-hybridized carbons (Fsp3) is 0.619. The highest BCUT2D eigenvalue weighted by atomic mass is 16.5. The van der Waals surface area contributed by atoms with Crippen molar-refractivity contribution in [3.05, 3.63) is 35.9 Å². The SMILES string of the molecule is C[C@@H]1CCC[C@H](OCC(=O)N2CCC(C(=O)O)(c3ccccc3)CC2)C1. The minimum atomic E-state index is -0.891. The van der Waals surface area contributed by atoms with Crippen molar-refractivity contribution in [3.63, 3.8) is 0 Å². The van der Waals surface area contributed by atoms with Crippen molar-refractivity contribution in [1.82, 2.24) is 4.90 Å². The van der Waals surface area contributed by atoms with E-state index in [0.29, 0.717) is 31.8 Å². The zero-order chi connectivity index (χ0) is 18.6. The first-order chi connectivity index (χ1) is 12.5. The second-order valence-electron chi connectivity index (χ2n) is 7.84. The van der Waals surface area contributed by atoms with Crippen LogP contribution in [0.25, 0.3) is 0 Å². The molecule has 5 heteroatoms. The maximum Gasteiger partial charge on any atom is 0.314 e. The Kier molecular flexibility index (Phi) is 5.97. The van der Waals surface area contributed by atoms with Crippen LogP contribution >= 0.6 is 0 Å². The number of aliphatic carboxylic acids is 1. The molecule has 0 aromatic heterocycles. The van der Waals surface area contributed by atoms with Crippen molar-refractivity contribution in [3.8, 4) is 0 Å². The van der Waals surface area contributed by atoms with Gasteiger partial charge in [0.05, 0.1) is 11.5 Å². The number of nitrogens with zero attached hydrogens (tertiary/aromatic N) is 1. The first kappa shape index (κ1) is 18.9. The van der Waals surface area contributed by atoms with E-state index in [1.54, 1.807) is 4.90 Å². The highest BCUT2D eigenvalue weighted by molar-refractivity contribution is 5.83. The number of rotatable bonds is 5. The zero-order valence-corrected chi connectivity index (χ0v) is 15.5. The number of piperidine rings is 1. The summed E-state index contributed by atoms with van der Waals surface area (Å²) >= 11 is 0. The molecule has 1 amide bonds. The molecule has 1 saturated carbocycles. The number of hydrogen-bond acceptors (Lipinski definition) is 3. The normalized spacial score (nSPS) is 25.7. The minimum Gasteiger partial charge on any atom is -0.481 e. The molecule has 1 aromatic rings. The molecule has 1 aliphatic carbocycles. The third-order valence-corrected chi connectivity index (χ3v) is 6.04. The number of carbonyl (C=O) groups excluding carboxylic acids is 1. The molecule has 1 heterocycles. The van der Waals surface area contributed by atoms with Crippen molar-refractivity contribution in [2.24, 2.45) is 5.92 Å². The van der Waals surface area contributed by atoms with Crippen LogP contribution < -0.4 is 0 Å². The van der Waals surface area contributed by atoms with E-state index in [9.17, 15) is 14.7 Å². The van der Waals surface area contributed by atoms with E-state index >= 15 is 0 Å². The van der Waals surface area contributed by atoms with Gasteiger partial charge >= 0.3 is 5.97 Å². The second-order valence-corrected chi connectivity index (χ2v) is 7.84. The maximum absolute atomic E-state index is 12.5. The van der Waals surface area contributed by atoms with Crippen molar-refractivity contribution in [2.75, 3.05) is 19.7 Å². The Bertz CT molecular complexity index is 622. The van der Waals surface area contributed by atoms with Crippen molar-refractivity contribution < 1.29 is 19.4 Å². The third kappa shape index (κ3) is 4.09. The van der Waals surface area contributed by atoms with Gasteiger partial charge in [-0.15, -0.1) is 0 Å². The highest BCUT2D eigenvalue weighted by Gasteiger charge is 2.43. The second kappa shape index (κ2) is 8.21. The van der Waals surface area contributed by atoms with Crippen molar-refractivity contribution in [2.45, 2.75) is 57.0 Å². The number of carboxylic acids is 1. The van der Waals surface area contributed by atoms with E-state index in [2.05, 4.69) is 6.92 Å². The van der Waals surface area contributed by atoms with Gasteiger partial charge in [0.25, 0.3) is 0 Å². The van der Waals surface area contributed by atoms with Gasteiger partial charge in [0.1, 0.15) is 6.61 Å². The molecule has 1 aromatic carbocycles. The van der Waals surface area contributed by atoms with Crippen LogP contribution in [0.5, 0.6) is 0 Å². The summed E-state index contributed by atoms with van der Waals surface area (Å²) in [4.78, 5) is 26.2. The van der Waals surface area contributed by atoms with Crippen LogP contribution in [0.1, 0.15) is 51.0 Å². The maximum atomic E-state index is 12.5. The number of carbonyl (C=O) groups is 2. The lowest BCUT2D eigenvalue weighted by molar-refractivity contribution is -0.150. The van der Waals surface area contributed by atoms with E-state index in [1.807, 2.05) is 30.3 Å². The van der Waals surface area contributed by atoms with Gasteiger partial charge in [-0.3, -0.25) is 9.59 Å². The Balaban J connectivity index is 1.55. The quantitative estimate of drug-likeness (QED) is 0.876. The Labute approximate surface area is 155 Å². The Hall–Kier alpha value is -1.88. The average Bonchev–Trinajstić information content (AvgIpc) is 2.67. The summed E-state index contributed by atoms with van der Waals surface area (Å²) in [5.41, 5.74) is -0.0652. The molecule has 142 valence electrons. The van der Waals surface area contributed by atoms with Crippen LogP contribution in [0.4, 0.5) is 0 Å². The summed E-state index contributed by atoms with van der Waals surface area (Å²) in [7, 11) is 0. The molecule has 0 radical (unpaired) electrons. The number of amides is 1. The van der Waals surface area contributed by atoms with E-state index in [1.165, 1.54) is 12.8 Å². The summed E-state index contributed by atoms with van der Waals surface area (Å²) in [6.45, 7) is 3.27. The van der Waals surface area contributed by atoms with E-state index < -0.39 is 11.4 Å². The lowest BCUT2D eigenvalue weighted by Crippen LogP contribution is -2.50. The fourth-order valence-corrected chi connectivity index (χ4v) is 4.33. The van der Waals surface area contributed by atoms with Crippen molar-refractivity contribution in [1.29, 1.82) is 0 Å². The van der Waals surface area contributed by atoms with Crippen molar-refractivity contribution >= 4 is 11.9 Å².